The number of aromatic amines is 1. The van der Waals surface area contributed by atoms with E-state index in [4.69, 9.17) is 0 Å². The lowest BCUT2D eigenvalue weighted by Crippen LogP contribution is -2.43. The number of rotatable bonds is 6. The molecule has 2 rings (SSSR count). The van der Waals surface area contributed by atoms with Crippen LogP contribution in [0, 0.1) is 12.8 Å². The second-order valence-corrected chi connectivity index (χ2v) is 7.71. The van der Waals surface area contributed by atoms with Crippen molar-refractivity contribution in [3.63, 3.8) is 0 Å². The maximum absolute atomic E-state index is 12.5. The van der Waals surface area contributed by atoms with Crippen molar-refractivity contribution in [1.82, 2.24) is 20.2 Å². The molecular formula is C13H24N4O2S. The third-order valence-electron chi connectivity index (χ3n) is 3.60. The summed E-state index contributed by atoms with van der Waals surface area (Å²) in [5, 5.41) is 10.1. The molecule has 7 heteroatoms. The van der Waals surface area contributed by atoms with E-state index in [1.165, 1.54) is 0 Å². The molecule has 1 saturated carbocycles. The Labute approximate surface area is 120 Å². The fraction of sp³-hybridized carbons (Fsp3) is 0.769. The van der Waals surface area contributed by atoms with Gasteiger partial charge in [-0.1, -0.05) is 20.8 Å². The molecule has 1 aromatic rings. The predicted molar refractivity (Wildman–Crippen MR) is 77.8 cm³/mol. The molecule has 0 radical (unpaired) electrons. The summed E-state index contributed by atoms with van der Waals surface area (Å²) >= 11 is 0. The van der Waals surface area contributed by atoms with Gasteiger partial charge in [0, 0.05) is 18.6 Å². The van der Waals surface area contributed by atoms with Gasteiger partial charge < -0.3 is 5.32 Å². The van der Waals surface area contributed by atoms with E-state index in [0.29, 0.717) is 28.7 Å². The van der Waals surface area contributed by atoms with Gasteiger partial charge in [0.1, 0.15) is 4.90 Å². The van der Waals surface area contributed by atoms with Crippen molar-refractivity contribution in [1.29, 1.82) is 0 Å². The van der Waals surface area contributed by atoms with Crippen molar-refractivity contribution in [2.24, 2.45) is 5.92 Å². The second-order valence-electron chi connectivity index (χ2n) is 6.05. The van der Waals surface area contributed by atoms with Crippen LogP contribution in [0.2, 0.25) is 0 Å². The highest BCUT2D eigenvalue weighted by Crippen LogP contribution is 2.28. The fourth-order valence-electron chi connectivity index (χ4n) is 2.52. The first kappa shape index (κ1) is 15.5. The minimum atomic E-state index is -3.49. The van der Waals surface area contributed by atoms with Crippen molar-refractivity contribution in [3.05, 3.63) is 11.4 Å². The zero-order valence-electron chi connectivity index (χ0n) is 12.5. The Kier molecular flexibility index (Phi) is 4.51. The van der Waals surface area contributed by atoms with Crippen LogP contribution in [0.15, 0.2) is 4.90 Å². The van der Waals surface area contributed by atoms with Gasteiger partial charge in [0.15, 0.2) is 0 Å². The maximum Gasteiger partial charge on any atom is 0.244 e. The van der Waals surface area contributed by atoms with Gasteiger partial charge in [-0.3, -0.25) is 5.10 Å². The number of hydrogen-bond donors (Lipinski definition) is 3. The van der Waals surface area contributed by atoms with Gasteiger partial charge in [-0.15, -0.1) is 0 Å². The number of sulfonamides is 1. The van der Waals surface area contributed by atoms with Crippen LogP contribution in [-0.2, 0) is 16.6 Å². The first-order valence-corrected chi connectivity index (χ1v) is 8.57. The minimum Gasteiger partial charge on any atom is -0.309 e. The maximum atomic E-state index is 12.5. The quantitative estimate of drug-likeness (QED) is 0.739. The topological polar surface area (TPSA) is 86.9 Å². The summed E-state index contributed by atoms with van der Waals surface area (Å²) in [6, 6.07) is 0.346. The van der Waals surface area contributed by atoms with Crippen LogP contribution in [0.3, 0.4) is 0 Å². The number of nitrogens with zero attached hydrogens (tertiary/aromatic N) is 1. The molecule has 1 fully saturated rings. The Hall–Kier alpha value is -0.920. The Morgan fingerprint density at radius 2 is 2.05 bits per heavy atom. The summed E-state index contributed by atoms with van der Waals surface area (Å²) in [6.45, 7) is 8.35. The van der Waals surface area contributed by atoms with E-state index in [0.717, 1.165) is 12.8 Å². The number of aromatic nitrogens is 2. The predicted octanol–water partition coefficient (Wildman–Crippen LogP) is 1.29. The Balaban J connectivity index is 2.15. The minimum absolute atomic E-state index is 0.0650. The molecule has 1 aromatic heterocycles. The van der Waals surface area contributed by atoms with E-state index in [2.05, 4.69) is 27.2 Å². The average molecular weight is 300 g/mol. The lowest BCUT2D eigenvalue weighted by Gasteiger charge is -2.32. The Morgan fingerprint density at radius 3 is 2.60 bits per heavy atom. The highest BCUT2D eigenvalue weighted by atomic mass is 32.2. The first-order chi connectivity index (χ1) is 9.29. The van der Waals surface area contributed by atoms with Gasteiger partial charge in [0.25, 0.3) is 0 Å². The molecule has 0 unspecified atom stereocenters. The van der Waals surface area contributed by atoms with Crippen LogP contribution in [0.1, 0.15) is 45.0 Å². The molecule has 3 N–H and O–H groups in total. The van der Waals surface area contributed by atoms with Gasteiger partial charge in [-0.05, 0) is 25.7 Å². The third kappa shape index (κ3) is 3.39. The summed E-state index contributed by atoms with van der Waals surface area (Å²) in [6.07, 6.45) is 1.82. The molecule has 0 bridgehead atoms. The number of nitrogens with one attached hydrogen (secondary N) is 3. The Bertz CT molecular complexity index is 559. The molecule has 6 nitrogen and oxygen atoms in total. The largest absolute Gasteiger partial charge is 0.309 e. The van der Waals surface area contributed by atoms with Crippen molar-refractivity contribution in [3.8, 4) is 0 Å². The summed E-state index contributed by atoms with van der Waals surface area (Å²) < 4.78 is 27.8. The molecule has 1 heterocycles. The van der Waals surface area contributed by atoms with E-state index in [9.17, 15) is 8.42 Å². The molecule has 0 amide bonds. The van der Waals surface area contributed by atoms with Crippen LogP contribution >= 0.6 is 0 Å². The molecule has 0 saturated heterocycles. The van der Waals surface area contributed by atoms with Crippen LogP contribution < -0.4 is 10.0 Å². The highest BCUT2D eigenvalue weighted by Gasteiger charge is 2.32. The zero-order chi connectivity index (χ0) is 14.9. The molecule has 20 heavy (non-hydrogen) atoms. The van der Waals surface area contributed by atoms with Gasteiger partial charge >= 0.3 is 0 Å². The third-order valence-corrected chi connectivity index (χ3v) is 5.33. The lowest BCUT2D eigenvalue weighted by molar-refractivity contribution is 0.270. The monoisotopic (exact) mass is 300 g/mol. The summed E-state index contributed by atoms with van der Waals surface area (Å²) in [5.74, 6) is 0.607. The van der Waals surface area contributed by atoms with E-state index in [-0.39, 0.29) is 12.1 Å². The van der Waals surface area contributed by atoms with Gasteiger partial charge in [-0.2, -0.15) is 5.10 Å². The van der Waals surface area contributed by atoms with Gasteiger partial charge in [0.05, 0.1) is 11.4 Å². The average Bonchev–Trinajstić information content (AvgIpc) is 2.66. The molecule has 0 spiro atoms. The normalized spacial score (nSPS) is 23.1. The van der Waals surface area contributed by atoms with Crippen molar-refractivity contribution in [2.75, 3.05) is 0 Å². The summed E-state index contributed by atoms with van der Waals surface area (Å²) in [4.78, 5) is 0.296. The van der Waals surface area contributed by atoms with Gasteiger partial charge in [0.2, 0.25) is 10.0 Å². The fourth-order valence-corrected chi connectivity index (χ4v) is 4.15. The molecule has 1 aliphatic rings. The number of hydrogen-bond acceptors (Lipinski definition) is 4. The molecule has 114 valence electrons. The smallest absolute Gasteiger partial charge is 0.244 e. The zero-order valence-corrected chi connectivity index (χ0v) is 13.3. The molecular weight excluding hydrogens is 276 g/mol. The van der Waals surface area contributed by atoms with E-state index < -0.39 is 10.0 Å². The number of H-pyrrole nitrogens is 1. The molecule has 0 aromatic carbocycles. The van der Waals surface area contributed by atoms with E-state index in [1.54, 1.807) is 6.92 Å². The van der Waals surface area contributed by atoms with Crippen molar-refractivity contribution < 1.29 is 8.42 Å². The van der Waals surface area contributed by atoms with E-state index >= 15 is 0 Å². The summed E-state index contributed by atoms with van der Waals surface area (Å²) in [7, 11) is -3.49. The highest BCUT2D eigenvalue weighted by molar-refractivity contribution is 7.89. The molecule has 1 aliphatic carbocycles. The molecule has 0 atom stereocenters. The second kappa shape index (κ2) is 5.83. The SMILES string of the molecule is Cc1[nH]nc(CNC(C)C)c1S(=O)(=O)NC1CC(C)C1. The van der Waals surface area contributed by atoms with Crippen LogP contribution in [0.4, 0.5) is 0 Å². The van der Waals surface area contributed by atoms with Crippen LogP contribution in [0.25, 0.3) is 0 Å². The van der Waals surface area contributed by atoms with E-state index in [1.807, 2.05) is 13.8 Å². The Morgan fingerprint density at radius 1 is 1.40 bits per heavy atom. The van der Waals surface area contributed by atoms with Crippen molar-refractivity contribution in [2.45, 2.75) is 64.1 Å². The van der Waals surface area contributed by atoms with Gasteiger partial charge in [-0.25, -0.2) is 13.1 Å². The summed E-state index contributed by atoms with van der Waals surface area (Å²) in [5.41, 5.74) is 1.14. The van der Waals surface area contributed by atoms with Crippen LogP contribution in [0.5, 0.6) is 0 Å². The van der Waals surface area contributed by atoms with Crippen LogP contribution in [-0.4, -0.2) is 30.7 Å². The van der Waals surface area contributed by atoms with Crippen molar-refractivity contribution >= 4 is 10.0 Å². The molecule has 0 aliphatic heterocycles. The number of aryl methyl sites for hydroxylation is 1. The lowest BCUT2D eigenvalue weighted by atomic mass is 9.83. The standard InChI is InChI=1S/C13H24N4O2S/c1-8(2)14-7-12-13(10(4)15-16-12)20(18,19)17-11-5-9(3)6-11/h8-9,11,14,17H,5-7H2,1-4H3,(H,15,16). The first-order valence-electron chi connectivity index (χ1n) is 7.09.